The molecule has 124 valence electrons. The van der Waals surface area contributed by atoms with Crippen LogP contribution in [0.4, 0.5) is 5.69 Å². The third-order valence-corrected chi connectivity index (χ3v) is 3.77. The molecular weight excluding hydrogens is 304 g/mol. The molecule has 0 amide bonds. The molecule has 0 atom stereocenters. The molecule has 23 heavy (non-hydrogen) atoms. The van der Waals surface area contributed by atoms with Gasteiger partial charge in [0.2, 0.25) is 0 Å². The highest BCUT2D eigenvalue weighted by molar-refractivity contribution is 5.75. The van der Waals surface area contributed by atoms with Gasteiger partial charge in [-0.3, -0.25) is 24.6 Å². The van der Waals surface area contributed by atoms with E-state index in [0.717, 1.165) is 0 Å². The topological polar surface area (TPSA) is 99.0 Å². The molecule has 8 heteroatoms. The minimum absolute atomic E-state index is 0.0547. The first kappa shape index (κ1) is 16.9. The number of nitro benzene ring substituents is 1. The van der Waals surface area contributed by atoms with Gasteiger partial charge in [0.15, 0.2) is 0 Å². The van der Waals surface area contributed by atoms with Gasteiger partial charge in [-0.25, -0.2) is 0 Å². The first-order valence-corrected chi connectivity index (χ1v) is 7.25. The second-order valence-corrected chi connectivity index (χ2v) is 5.30. The first-order chi connectivity index (χ1) is 11.0. The predicted molar refractivity (Wildman–Crippen MR) is 79.9 cm³/mol. The Hall–Kier alpha value is -2.48. The first-order valence-electron chi connectivity index (χ1n) is 7.25. The predicted octanol–water partition coefficient (Wildman–Crippen LogP) is 1.39. The number of methoxy groups -OCH3 is 1. The van der Waals surface area contributed by atoms with Gasteiger partial charge in [0.1, 0.15) is 5.75 Å². The minimum Gasteiger partial charge on any atom is -0.468 e. The molecule has 1 heterocycles. The fourth-order valence-electron chi connectivity index (χ4n) is 2.41. The maximum atomic E-state index is 12.1. The molecule has 0 bridgehead atoms. The number of benzene rings is 1. The molecule has 1 aliphatic rings. The Morgan fingerprint density at radius 3 is 2.39 bits per heavy atom. The number of nitrogens with zero attached hydrogens (tertiary/aromatic N) is 2. The zero-order valence-electron chi connectivity index (χ0n) is 12.8. The summed E-state index contributed by atoms with van der Waals surface area (Å²) in [6.45, 7) is 1.46. The van der Waals surface area contributed by atoms with Crippen LogP contribution < -0.4 is 4.74 Å². The van der Waals surface area contributed by atoms with Crippen molar-refractivity contribution in [3.8, 4) is 5.75 Å². The number of nitro groups is 1. The molecule has 0 radical (unpaired) electrons. The number of esters is 2. The van der Waals surface area contributed by atoms with Crippen LogP contribution in [0, 0.1) is 16.0 Å². The molecule has 0 aromatic heterocycles. The lowest BCUT2D eigenvalue weighted by atomic mass is 9.97. The van der Waals surface area contributed by atoms with Crippen LogP contribution in [0.2, 0.25) is 0 Å². The standard InChI is InChI=1S/C15H18N2O6/c1-22-14(18)10-16-8-6-11(7-9-16)15(19)23-13-4-2-12(3-5-13)17(20)21/h2-5,11H,6-10H2,1H3. The Morgan fingerprint density at radius 1 is 1.26 bits per heavy atom. The van der Waals surface area contributed by atoms with Gasteiger partial charge in [0.05, 0.1) is 24.5 Å². The van der Waals surface area contributed by atoms with E-state index in [1.807, 2.05) is 4.90 Å². The third-order valence-electron chi connectivity index (χ3n) is 3.77. The Morgan fingerprint density at radius 2 is 1.87 bits per heavy atom. The second kappa shape index (κ2) is 7.68. The Balaban J connectivity index is 1.83. The molecule has 1 aliphatic heterocycles. The lowest BCUT2D eigenvalue weighted by molar-refractivity contribution is -0.384. The quantitative estimate of drug-likeness (QED) is 0.349. The van der Waals surface area contributed by atoms with Crippen molar-refractivity contribution in [2.24, 2.45) is 5.92 Å². The van der Waals surface area contributed by atoms with Crippen molar-refractivity contribution in [2.45, 2.75) is 12.8 Å². The van der Waals surface area contributed by atoms with Crippen LogP contribution in [-0.2, 0) is 14.3 Å². The molecule has 8 nitrogen and oxygen atoms in total. The molecule has 0 aliphatic carbocycles. The van der Waals surface area contributed by atoms with E-state index in [1.165, 1.54) is 31.4 Å². The van der Waals surface area contributed by atoms with Crippen LogP contribution in [0.5, 0.6) is 5.75 Å². The molecule has 0 N–H and O–H groups in total. The van der Waals surface area contributed by atoms with Gasteiger partial charge in [-0.1, -0.05) is 0 Å². The van der Waals surface area contributed by atoms with Crippen LogP contribution >= 0.6 is 0 Å². The SMILES string of the molecule is COC(=O)CN1CCC(C(=O)Oc2ccc([N+](=O)[O-])cc2)CC1. The molecule has 0 spiro atoms. The maximum Gasteiger partial charge on any atom is 0.319 e. The van der Waals surface area contributed by atoms with Crippen molar-refractivity contribution in [1.29, 1.82) is 0 Å². The number of likely N-dealkylation sites (tertiary alicyclic amines) is 1. The summed E-state index contributed by atoms with van der Waals surface area (Å²) in [7, 11) is 1.34. The lowest BCUT2D eigenvalue weighted by Crippen LogP contribution is -2.40. The van der Waals surface area contributed by atoms with E-state index in [1.54, 1.807) is 0 Å². The molecule has 1 saturated heterocycles. The largest absolute Gasteiger partial charge is 0.468 e. The van der Waals surface area contributed by atoms with Crippen LogP contribution in [0.15, 0.2) is 24.3 Å². The monoisotopic (exact) mass is 322 g/mol. The highest BCUT2D eigenvalue weighted by atomic mass is 16.6. The Bertz CT molecular complexity index is 578. The number of piperidine rings is 1. The zero-order chi connectivity index (χ0) is 16.8. The van der Waals surface area contributed by atoms with Crippen LogP contribution in [0.3, 0.4) is 0 Å². The van der Waals surface area contributed by atoms with E-state index in [0.29, 0.717) is 25.9 Å². The number of ether oxygens (including phenoxy) is 2. The molecule has 2 rings (SSSR count). The van der Waals surface area contributed by atoms with Crippen molar-refractivity contribution in [1.82, 2.24) is 4.90 Å². The van der Waals surface area contributed by atoms with Gasteiger partial charge < -0.3 is 9.47 Å². The summed E-state index contributed by atoms with van der Waals surface area (Å²) in [6.07, 6.45) is 1.20. The number of carbonyl (C=O) groups excluding carboxylic acids is 2. The Labute approximate surface area is 133 Å². The van der Waals surface area contributed by atoms with Gasteiger partial charge in [-0.05, 0) is 38.1 Å². The van der Waals surface area contributed by atoms with Crippen molar-refractivity contribution < 1.29 is 24.0 Å². The lowest BCUT2D eigenvalue weighted by Gasteiger charge is -2.29. The minimum atomic E-state index is -0.511. The molecule has 0 saturated carbocycles. The smallest absolute Gasteiger partial charge is 0.319 e. The average Bonchev–Trinajstić information content (AvgIpc) is 2.55. The van der Waals surface area contributed by atoms with Gasteiger partial charge in [0.25, 0.3) is 5.69 Å². The summed E-state index contributed by atoms with van der Waals surface area (Å²) in [5, 5.41) is 10.6. The van der Waals surface area contributed by atoms with E-state index in [-0.39, 0.29) is 35.8 Å². The maximum absolute atomic E-state index is 12.1. The van der Waals surface area contributed by atoms with E-state index >= 15 is 0 Å². The molecular formula is C15H18N2O6. The highest BCUT2D eigenvalue weighted by Crippen LogP contribution is 2.22. The van der Waals surface area contributed by atoms with E-state index in [2.05, 4.69) is 4.74 Å². The molecule has 1 aromatic carbocycles. The van der Waals surface area contributed by atoms with Crippen molar-refractivity contribution in [3.05, 3.63) is 34.4 Å². The summed E-state index contributed by atoms with van der Waals surface area (Å²) >= 11 is 0. The highest BCUT2D eigenvalue weighted by Gasteiger charge is 2.27. The second-order valence-electron chi connectivity index (χ2n) is 5.30. The Kier molecular flexibility index (Phi) is 5.64. The summed E-state index contributed by atoms with van der Waals surface area (Å²) in [5.74, 6) is -0.592. The molecule has 0 unspecified atom stereocenters. The van der Waals surface area contributed by atoms with Crippen molar-refractivity contribution >= 4 is 17.6 Å². The van der Waals surface area contributed by atoms with Crippen molar-refractivity contribution in [3.63, 3.8) is 0 Å². The fraction of sp³-hybridized carbons (Fsp3) is 0.467. The molecule has 1 aromatic rings. The van der Waals surface area contributed by atoms with Crippen LogP contribution in [0.25, 0.3) is 0 Å². The number of carbonyl (C=O) groups is 2. The average molecular weight is 322 g/mol. The molecule has 1 fully saturated rings. The van der Waals surface area contributed by atoms with Gasteiger partial charge in [0, 0.05) is 12.1 Å². The fourth-order valence-corrected chi connectivity index (χ4v) is 2.41. The number of hydrogen-bond acceptors (Lipinski definition) is 7. The van der Waals surface area contributed by atoms with Crippen molar-refractivity contribution in [2.75, 3.05) is 26.7 Å². The van der Waals surface area contributed by atoms with E-state index in [4.69, 9.17) is 4.74 Å². The van der Waals surface area contributed by atoms with Crippen LogP contribution in [0.1, 0.15) is 12.8 Å². The van der Waals surface area contributed by atoms with E-state index < -0.39 is 4.92 Å². The normalized spacial score (nSPS) is 15.9. The van der Waals surface area contributed by atoms with Crippen LogP contribution in [-0.4, -0.2) is 48.5 Å². The summed E-state index contributed by atoms with van der Waals surface area (Å²) in [4.78, 5) is 35.3. The summed E-state index contributed by atoms with van der Waals surface area (Å²) < 4.78 is 9.87. The number of hydrogen-bond donors (Lipinski definition) is 0. The number of rotatable bonds is 5. The van der Waals surface area contributed by atoms with Gasteiger partial charge in [-0.15, -0.1) is 0 Å². The van der Waals surface area contributed by atoms with Gasteiger partial charge >= 0.3 is 11.9 Å². The summed E-state index contributed by atoms with van der Waals surface area (Å²) in [5.41, 5.74) is -0.0547. The van der Waals surface area contributed by atoms with Gasteiger partial charge in [-0.2, -0.15) is 0 Å². The number of non-ortho nitro benzene ring substituents is 1. The van der Waals surface area contributed by atoms with E-state index in [9.17, 15) is 19.7 Å². The summed E-state index contributed by atoms with van der Waals surface area (Å²) in [6, 6.07) is 5.40. The zero-order valence-corrected chi connectivity index (χ0v) is 12.8. The third kappa shape index (κ3) is 4.75.